The number of nitrogens with zero attached hydrogens (tertiary/aromatic N) is 1. The Morgan fingerprint density at radius 1 is 0.967 bits per heavy atom. The maximum Gasteiger partial charge on any atom is 0.229 e. The predicted octanol–water partition coefficient (Wildman–Crippen LogP) is 4.28. The van der Waals surface area contributed by atoms with E-state index in [4.69, 9.17) is 0 Å². The third-order valence-electron chi connectivity index (χ3n) is 5.24. The van der Waals surface area contributed by atoms with Crippen LogP contribution in [0.15, 0.2) is 42.5 Å². The molecule has 0 spiro atoms. The van der Waals surface area contributed by atoms with E-state index in [9.17, 15) is 14.4 Å². The first-order chi connectivity index (χ1) is 14.0. The van der Waals surface area contributed by atoms with Crippen LogP contribution < -0.4 is 15.5 Å². The molecule has 1 saturated heterocycles. The summed E-state index contributed by atoms with van der Waals surface area (Å²) in [5, 5.41) is 5.74. The number of nitrogens with one attached hydrogen (secondary N) is 2. The third kappa shape index (κ3) is 4.87. The molecule has 2 N–H and O–H groups in total. The van der Waals surface area contributed by atoms with Gasteiger partial charge in [-0.1, -0.05) is 32.9 Å². The maximum absolute atomic E-state index is 12.7. The van der Waals surface area contributed by atoms with E-state index in [2.05, 4.69) is 10.6 Å². The molecule has 0 radical (unpaired) electrons. The van der Waals surface area contributed by atoms with Crippen LogP contribution in [0.5, 0.6) is 0 Å². The minimum absolute atomic E-state index is 0.0379. The van der Waals surface area contributed by atoms with E-state index in [0.29, 0.717) is 17.9 Å². The van der Waals surface area contributed by atoms with Gasteiger partial charge in [0, 0.05) is 35.4 Å². The molecule has 1 atom stereocenters. The molecule has 2 aromatic rings. The molecule has 3 rings (SSSR count). The Labute approximate surface area is 177 Å². The zero-order valence-corrected chi connectivity index (χ0v) is 18.2. The number of hydrogen-bond donors (Lipinski definition) is 2. The largest absolute Gasteiger partial charge is 0.326 e. The Bertz CT molecular complexity index is 974. The van der Waals surface area contributed by atoms with Crippen molar-refractivity contribution in [3.8, 4) is 0 Å². The molecular formula is C24H29N3O3. The molecule has 6 heteroatoms. The Balaban J connectivity index is 1.63. The summed E-state index contributed by atoms with van der Waals surface area (Å²) in [5.41, 5.74) is 3.78. The lowest BCUT2D eigenvalue weighted by atomic mass is 9.95. The van der Waals surface area contributed by atoms with Crippen LogP contribution in [0, 0.1) is 25.2 Å². The maximum atomic E-state index is 12.7. The van der Waals surface area contributed by atoms with Gasteiger partial charge in [0.05, 0.1) is 5.92 Å². The lowest BCUT2D eigenvalue weighted by Crippen LogP contribution is -2.28. The van der Waals surface area contributed by atoms with Gasteiger partial charge in [-0.15, -0.1) is 0 Å². The number of rotatable bonds is 4. The lowest BCUT2D eigenvalue weighted by Gasteiger charge is -2.20. The summed E-state index contributed by atoms with van der Waals surface area (Å²) in [6, 6.07) is 13.0. The smallest absolute Gasteiger partial charge is 0.229 e. The standard InChI is InChI=1S/C24H29N3O3/c1-15-6-7-16(2)20(12-15)27-14-17(13-21(27)28)22(29)25-18-8-10-19(11-9-18)26-23(30)24(3,4)5/h6-12,17H,13-14H2,1-5H3,(H,25,29)(H,26,30). The van der Waals surface area contributed by atoms with Crippen molar-refractivity contribution >= 4 is 34.8 Å². The van der Waals surface area contributed by atoms with E-state index in [1.54, 1.807) is 29.2 Å². The van der Waals surface area contributed by atoms with Gasteiger partial charge in [0.15, 0.2) is 0 Å². The summed E-state index contributed by atoms with van der Waals surface area (Å²) >= 11 is 0. The second-order valence-corrected chi connectivity index (χ2v) is 8.97. The van der Waals surface area contributed by atoms with Crippen LogP contribution in [0.1, 0.15) is 38.3 Å². The first-order valence-electron chi connectivity index (χ1n) is 10.1. The SMILES string of the molecule is Cc1ccc(C)c(N2CC(C(=O)Nc3ccc(NC(=O)C(C)(C)C)cc3)CC2=O)c1. The molecule has 2 aromatic carbocycles. The average molecular weight is 408 g/mol. The lowest BCUT2D eigenvalue weighted by molar-refractivity contribution is -0.123. The van der Waals surface area contributed by atoms with Gasteiger partial charge in [0.25, 0.3) is 0 Å². The van der Waals surface area contributed by atoms with E-state index in [1.807, 2.05) is 52.8 Å². The summed E-state index contributed by atoms with van der Waals surface area (Å²) in [6.45, 7) is 9.87. The normalized spacial score (nSPS) is 16.5. The van der Waals surface area contributed by atoms with Gasteiger partial charge in [0.2, 0.25) is 17.7 Å². The van der Waals surface area contributed by atoms with Crippen molar-refractivity contribution in [3.63, 3.8) is 0 Å². The quantitative estimate of drug-likeness (QED) is 0.794. The first kappa shape index (κ1) is 21.6. The molecule has 158 valence electrons. The molecular weight excluding hydrogens is 378 g/mol. The summed E-state index contributed by atoms with van der Waals surface area (Å²) in [5.74, 6) is -0.695. The monoisotopic (exact) mass is 407 g/mol. The molecule has 0 aliphatic carbocycles. The summed E-state index contributed by atoms with van der Waals surface area (Å²) < 4.78 is 0. The molecule has 1 unspecified atom stereocenters. The number of carbonyl (C=O) groups is 3. The van der Waals surface area contributed by atoms with Gasteiger partial charge in [0.1, 0.15) is 0 Å². The van der Waals surface area contributed by atoms with E-state index in [-0.39, 0.29) is 24.1 Å². The topological polar surface area (TPSA) is 78.5 Å². The van der Waals surface area contributed by atoms with Gasteiger partial charge in [-0.3, -0.25) is 14.4 Å². The summed E-state index contributed by atoms with van der Waals surface area (Å²) in [6.07, 6.45) is 0.193. The van der Waals surface area contributed by atoms with E-state index in [1.165, 1.54) is 0 Å². The van der Waals surface area contributed by atoms with Crippen molar-refractivity contribution < 1.29 is 14.4 Å². The molecule has 0 bridgehead atoms. The Morgan fingerprint density at radius 3 is 2.17 bits per heavy atom. The van der Waals surface area contributed by atoms with Crippen LogP contribution in [-0.4, -0.2) is 24.3 Å². The molecule has 3 amide bonds. The molecule has 1 aliphatic heterocycles. The molecule has 6 nitrogen and oxygen atoms in total. The van der Waals surface area contributed by atoms with Crippen LogP contribution in [0.4, 0.5) is 17.1 Å². The molecule has 1 aliphatic rings. The highest BCUT2D eigenvalue weighted by atomic mass is 16.2. The highest BCUT2D eigenvalue weighted by molar-refractivity contribution is 6.04. The zero-order valence-electron chi connectivity index (χ0n) is 18.2. The van der Waals surface area contributed by atoms with Crippen LogP contribution in [0.2, 0.25) is 0 Å². The van der Waals surface area contributed by atoms with Crippen molar-refractivity contribution in [3.05, 3.63) is 53.6 Å². The average Bonchev–Trinajstić information content (AvgIpc) is 3.06. The van der Waals surface area contributed by atoms with Crippen molar-refractivity contribution in [2.45, 2.75) is 41.0 Å². The fourth-order valence-electron chi connectivity index (χ4n) is 3.33. The highest BCUT2D eigenvalue weighted by Crippen LogP contribution is 2.29. The number of carbonyl (C=O) groups excluding carboxylic acids is 3. The number of hydrogen-bond acceptors (Lipinski definition) is 3. The zero-order chi connectivity index (χ0) is 22.1. The van der Waals surface area contributed by atoms with Gasteiger partial charge >= 0.3 is 0 Å². The van der Waals surface area contributed by atoms with Crippen molar-refractivity contribution in [1.82, 2.24) is 0 Å². The van der Waals surface area contributed by atoms with Crippen molar-refractivity contribution in [2.75, 3.05) is 22.1 Å². The summed E-state index contributed by atoms with van der Waals surface area (Å²) in [7, 11) is 0. The minimum Gasteiger partial charge on any atom is -0.326 e. The highest BCUT2D eigenvalue weighted by Gasteiger charge is 2.35. The van der Waals surface area contributed by atoms with Crippen LogP contribution in [0.3, 0.4) is 0 Å². The molecule has 0 aromatic heterocycles. The molecule has 1 fully saturated rings. The van der Waals surface area contributed by atoms with Crippen LogP contribution in [0.25, 0.3) is 0 Å². The van der Waals surface area contributed by atoms with Crippen molar-refractivity contribution in [2.24, 2.45) is 11.3 Å². The second kappa shape index (κ2) is 8.30. The van der Waals surface area contributed by atoms with Gasteiger partial charge in [-0.2, -0.15) is 0 Å². The number of amides is 3. The number of anilines is 3. The number of benzene rings is 2. The molecule has 30 heavy (non-hydrogen) atoms. The van der Waals surface area contributed by atoms with E-state index in [0.717, 1.165) is 16.8 Å². The minimum atomic E-state index is -0.483. The van der Waals surface area contributed by atoms with Gasteiger partial charge in [-0.05, 0) is 55.3 Å². The van der Waals surface area contributed by atoms with E-state index < -0.39 is 11.3 Å². The molecule has 0 saturated carbocycles. The third-order valence-corrected chi connectivity index (χ3v) is 5.24. The predicted molar refractivity (Wildman–Crippen MR) is 120 cm³/mol. The first-order valence-corrected chi connectivity index (χ1v) is 10.1. The van der Waals surface area contributed by atoms with Crippen LogP contribution in [-0.2, 0) is 14.4 Å². The second-order valence-electron chi connectivity index (χ2n) is 8.97. The Hall–Kier alpha value is -3.15. The van der Waals surface area contributed by atoms with Gasteiger partial charge < -0.3 is 15.5 Å². The van der Waals surface area contributed by atoms with Gasteiger partial charge in [-0.25, -0.2) is 0 Å². The number of aryl methyl sites for hydroxylation is 2. The van der Waals surface area contributed by atoms with Crippen LogP contribution >= 0.6 is 0 Å². The fraction of sp³-hybridized carbons (Fsp3) is 0.375. The Morgan fingerprint density at radius 2 is 1.57 bits per heavy atom. The Kier molecular flexibility index (Phi) is 5.97. The van der Waals surface area contributed by atoms with E-state index >= 15 is 0 Å². The fourth-order valence-corrected chi connectivity index (χ4v) is 3.33. The summed E-state index contributed by atoms with van der Waals surface area (Å²) in [4.78, 5) is 39.0. The van der Waals surface area contributed by atoms with Crippen molar-refractivity contribution in [1.29, 1.82) is 0 Å². The molecule has 1 heterocycles.